The van der Waals surface area contributed by atoms with Gasteiger partial charge in [-0.05, 0) is 12.8 Å². The van der Waals surface area contributed by atoms with Gasteiger partial charge in [-0.3, -0.25) is 0 Å². The minimum Gasteiger partial charge on any atom is -0.356 e. The van der Waals surface area contributed by atoms with Crippen LogP contribution in [0.5, 0.6) is 0 Å². The molecule has 1 aromatic heterocycles. The first-order valence-electron chi connectivity index (χ1n) is 5.93. The van der Waals surface area contributed by atoms with Crippen LogP contribution in [-0.4, -0.2) is 28.4 Å². The molecule has 1 rings (SSSR count). The van der Waals surface area contributed by atoms with Gasteiger partial charge in [-0.2, -0.15) is 0 Å². The van der Waals surface area contributed by atoms with E-state index in [9.17, 15) is 0 Å². The molecule has 0 N–H and O–H groups in total. The minimum absolute atomic E-state index is 0.972. The Hall–Kier alpha value is -0.640. The summed E-state index contributed by atoms with van der Waals surface area (Å²) >= 11 is 3.48. The summed E-state index contributed by atoms with van der Waals surface area (Å²) in [6.45, 7) is 6.41. The highest BCUT2D eigenvalue weighted by atomic mass is 79.9. The van der Waals surface area contributed by atoms with Crippen LogP contribution >= 0.6 is 15.9 Å². The highest BCUT2D eigenvalue weighted by molar-refractivity contribution is 9.09. The Morgan fingerprint density at radius 1 is 1.19 bits per heavy atom. The van der Waals surface area contributed by atoms with Gasteiger partial charge in [-0.25, -0.2) is 9.97 Å². The van der Waals surface area contributed by atoms with Crippen molar-refractivity contribution >= 4 is 21.7 Å². The number of hydrogen-bond donors (Lipinski definition) is 0. The number of aromatic nitrogens is 2. The van der Waals surface area contributed by atoms with E-state index in [2.05, 4.69) is 50.7 Å². The summed E-state index contributed by atoms with van der Waals surface area (Å²) in [6.07, 6.45) is 4.98. The quantitative estimate of drug-likeness (QED) is 0.721. The zero-order chi connectivity index (χ0) is 11.8. The molecular formula is C12H20BrN3. The Morgan fingerprint density at radius 3 is 2.62 bits per heavy atom. The number of halogens is 1. The van der Waals surface area contributed by atoms with Gasteiger partial charge in [0.2, 0.25) is 0 Å². The second kappa shape index (κ2) is 7.60. The number of rotatable bonds is 7. The van der Waals surface area contributed by atoms with E-state index in [0.29, 0.717) is 0 Å². The average Bonchev–Trinajstić information content (AvgIpc) is 2.30. The van der Waals surface area contributed by atoms with E-state index in [1.165, 1.54) is 0 Å². The Morgan fingerprint density at radius 2 is 2.00 bits per heavy atom. The van der Waals surface area contributed by atoms with E-state index in [-0.39, 0.29) is 0 Å². The second-order valence-electron chi connectivity index (χ2n) is 3.79. The van der Waals surface area contributed by atoms with Gasteiger partial charge in [0.15, 0.2) is 0 Å². The average molecular weight is 286 g/mol. The van der Waals surface area contributed by atoms with Crippen molar-refractivity contribution in [1.82, 2.24) is 9.97 Å². The molecule has 0 aliphatic heterocycles. The van der Waals surface area contributed by atoms with E-state index in [4.69, 9.17) is 0 Å². The molecule has 4 heteroatoms. The first-order chi connectivity index (χ1) is 7.81. The fraction of sp³-hybridized carbons (Fsp3) is 0.667. The molecule has 0 saturated carbocycles. The van der Waals surface area contributed by atoms with Crippen LogP contribution in [0.4, 0.5) is 5.82 Å². The van der Waals surface area contributed by atoms with Crippen LogP contribution in [0, 0.1) is 0 Å². The molecule has 0 unspecified atom stereocenters. The third-order valence-electron chi connectivity index (χ3n) is 2.39. The van der Waals surface area contributed by atoms with Crippen LogP contribution in [0.2, 0.25) is 0 Å². The van der Waals surface area contributed by atoms with Crippen molar-refractivity contribution in [3.8, 4) is 0 Å². The molecule has 1 aromatic rings. The maximum atomic E-state index is 4.35. The Kier molecular flexibility index (Phi) is 6.38. The minimum atomic E-state index is 0.972. The molecule has 0 atom stereocenters. The fourth-order valence-electron chi connectivity index (χ4n) is 1.66. The summed E-state index contributed by atoms with van der Waals surface area (Å²) in [5.41, 5.74) is 1.14. The van der Waals surface area contributed by atoms with Crippen LogP contribution in [0.25, 0.3) is 0 Å². The van der Waals surface area contributed by atoms with Gasteiger partial charge in [-0.15, -0.1) is 0 Å². The largest absolute Gasteiger partial charge is 0.356 e. The molecule has 0 fully saturated rings. The zero-order valence-electron chi connectivity index (χ0n) is 10.1. The van der Waals surface area contributed by atoms with Crippen molar-refractivity contribution in [2.75, 3.05) is 23.3 Å². The molecule has 0 radical (unpaired) electrons. The first kappa shape index (κ1) is 13.4. The van der Waals surface area contributed by atoms with Crippen LogP contribution in [-0.2, 0) is 6.42 Å². The van der Waals surface area contributed by atoms with E-state index in [1.807, 2.05) is 0 Å². The molecular weight excluding hydrogens is 266 g/mol. The number of alkyl halides is 1. The molecule has 0 amide bonds. The summed E-state index contributed by atoms with van der Waals surface area (Å²) in [5, 5.41) is 0.972. The van der Waals surface area contributed by atoms with E-state index in [1.54, 1.807) is 6.33 Å². The topological polar surface area (TPSA) is 29.0 Å². The van der Waals surface area contributed by atoms with Gasteiger partial charge in [0, 0.05) is 30.2 Å². The number of nitrogens with zero attached hydrogens (tertiary/aromatic N) is 3. The Balaban J connectivity index is 2.77. The predicted molar refractivity (Wildman–Crippen MR) is 72.3 cm³/mol. The van der Waals surface area contributed by atoms with Gasteiger partial charge in [-0.1, -0.05) is 36.2 Å². The molecule has 0 saturated heterocycles. The van der Waals surface area contributed by atoms with Crippen LogP contribution in [0.3, 0.4) is 0 Å². The van der Waals surface area contributed by atoms with Gasteiger partial charge < -0.3 is 4.90 Å². The molecule has 0 bridgehead atoms. The highest BCUT2D eigenvalue weighted by Crippen LogP contribution is 2.12. The molecule has 3 nitrogen and oxygen atoms in total. The van der Waals surface area contributed by atoms with E-state index >= 15 is 0 Å². The normalized spacial score (nSPS) is 10.4. The number of aryl methyl sites for hydroxylation is 1. The lowest BCUT2D eigenvalue weighted by atomic mass is 10.2. The van der Waals surface area contributed by atoms with E-state index < -0.39 is 0 Å². The maximum Gasteiger partial charge on any atom is 0.132 e. The van der Waals surface area contributed by atoms with E-state index in [0.717, 1.165) is 49.2 Å². The highest BCUT2D eigenvalue weighted by Gasteiger charge is 2.07. The Bertz CT molecular complexity index is 298. The summed E-state index contributed by atoms with van der Waals surface area (Å²) in [6, 6.07) is 2.11. The van der Waals surface area contributed by atoms with Gasteiger partial charge in [0.25, 0.3) is 0 Å². The zero-order valence-corrected chi connectivity index (χ0v) is 11.7. The van der Waals surface area contributed by atoms with Crippen LogP contribution in [0.1, 0.15) is 32.4 Å². The molecule has 90 valence electrons. The molecule has 16 heavy (non-hydrogen) atoms. The van der Waals surface area contributed by atoms with Gasteiger partial charge in [0.1, 0.15) is 12.1 Å². The number of hydrogen-bond acceptors (Lipinski definition) is 3. The molecule has 0 aromatic carbocycles. The lowest BCUT2D eigenvalue weighted by Crippen LogP contribution is -2.27. The first-order valence-corrected chi connectivity index (χ1v) is 7.05. The molecule has 1 heterocycles. The van der Waals surface area contributed by atoms with Crippen molar-refractivity contribution in [2.24, 2.45) is 0 Å². The van der Waals surface area contributed by atoms with Gasteiger partial charge >= 0.3 is 0 Å². The van der Waals surface area contributed by atoms with Crippen LogP contribution in [0.15, 0.2) is 12.4 Å². The number of anilines is 1. The Labute approximate surface area is 106 Å². The summed E-state index contributed by atoms with van der Waals surface area (Å²) in [7, 11) is 0. The van der Waals surface area contributed by atoms with Crippen molar-refractivity contribution in [3.05, 3.63) is 18.1 Å². The maximum absolute atomic E-state index is 4.35. The van der Waals surface area contributed by atoms with Crippen molar-refractivity contribution in [3.63, 3.8) is 0 Å². The lowest BCUT2D eigenvalue weighted by Gasteiger charge is -2.22. The third-order valence-corrected chi connectivity index (χ3v) is 2.74. The fourth-order valence-corrected chi connectivity index (χ4v) is 2.09. The van der Waals surface area contributed by atoms with Gasteiger partial charge in [0.05, 0.1) is 0 Å². The molecule has 0 spiro atoms. The van der Waals surface area contributed by atoms with Crippen LogP contribution < -0.4 is 4.90 Å². The standard InChI is InChI=1S/C12H20BrN3/c1-3-5-11-9-12(15-10-14-11)16(7-4-2)8-6-13/h9-10H,3-8H2,1-2H3. The summed E-state index contributed by atoms with van der Waals surface area (Å²) in [4.78, 5) is 10.9. The lowest BCUT2D eigenvalue weighted by molar-refractivity contribution is 0.775. The SMILES string of the molecule is CCCc1cc(N(CCC)CCBr)ncn1. The van der Waals surface area contributed by atoms with Crippen molar-refractivity contribution < 1.29 is 0 Å². The smallest absolute Gasteiger partial charge is 0.132 e. The summed E-state index contributed by atoms with van der Waals surface area (Å²) < 4.78 is 0. The second-order valence-corrected chi connectivity index (χ2v) is 4.59. The predicted octanol–water partition coefficient (Wildman–Crippen LogP) is 3.04. The van der Waals surface area contributed by atoms with Crippen molar-refractivity contribution in [1.29, 1.82) is 0 Å². The summed E-state index contributed by atoms with van der Waals surface area (Å²) in [5.74, 6) is 1.06. The molecule has 0 aliphatic carbocycles. The monoisotopic (exact) mass is 285 g/mol. The third kappa shape index (κ3) is 4.08. The molecule has 0 aliphatic rings. The van der Waals surface area contributed by atoms with Crippen molar-refractivity contribution in [2.45, 2.75) is 33.1 Å².